The largest absolute Gasteiger partial charge is 0.316 e. The molecule has 1 fully saturated rings. The van der Waals surface area contributed by atoms with Gasteiger partial charge in [0.2, 0.25) is 5.91 Å². The number of hydrogen-bond donors (Lipinski definition) is 2. The van der Waals surface area contributed by atoms with E-state index in [2.05, 4.69) is 15.5 Å². The number of rotatable bonds is 3. The minimum atomic E-state index is -0.452. The maximum atomic E-state index is 12.3. The molecule has 1 aromatic heterocycles. The first-order chi connectivity index (χ1) is 8.10. The summed E-state index contributed by atoms with van der Waals surface area (Å²) >= 11 is 1.55. The number of nitrogens with zero attached hydrogens (tertiary/aromatic N) is 1. The van der Waals surface area contributed by atoms with Crippen molar-refractivity contribution in [2.24, 2.45) is 0 Å². The molecular formula is C12H19N3OS. The highest BCUT2D eigenvalue weighted by molar-refractivity contribution is 7.14. The SMILES string of the molecule is CC(C)(C(=O)Nc1cccs1)N1CCNCC1. The van der Waals surface area contributed by atoms with E-state index < -0.39 is 5.54 Å². The van der Waals surface area contributed by atoms with Crippen molar-refractivity contribution in [2.45, 2.75) is 19.4 Å². The fraction of sp³-hybridized carbons (Fsp3) is 0.583. The van der Waals surface area contributed by atoms with E-state index in [4.69, 9.17) is 0 Å². The summed E-state index contributed by atoms with van der Waals surface area (Å²) in [6.45, 7) is 7.73. The summed E-state index contributed by atoms with van der Waals surface area (Å²) in [6.07, 6.45) is 0. The fourth-order valence-corrected chi connectivity index (χ4v) is 2.59. The summed E-state index contributed by atoms with van der Waals surface area (Å²) in [5, 5.41) is 9.16. The van der Waals surface area contributed by atoms with Crippen LogP contribution in [0.15, 0.2) is 17.5 Å². The van der Waals surface area contributed by atoms with Crippen LogP contribution < -0.4 is 10.6 Å². The van der Waals surface area contributed by atoms with Crippen LogP contribution in [0.25, 0.3) is 0 Å². The van der Waals surface area contributed by atoms with Gasteiger partial charge in [-0.3, -0.25) is 9.69 Å². The number of carbonyl (C=O) groups is 1. The maximum Gasteiger partial charge on any atom is 0.244 e. The molecular weight excluding hydrogens is 234 g/mol. The van der Waals surface area contributed by atoms with E-state index in [0.717, 1.165) is 31.2 Å². The Morgan fingerprint density at radius 3 is 2.76 bits per heavy atom. The van der Waals surface area contributed by atoms with Gasteiger partial charge in [-0.1, -0.05) is 0 Å². The average Bonchev–Trinajstić information content (AvgIpc) is 2.83. The van der Waals surface area contributed by atoms with Gasteiger partial charge < -0.3 is 10.6 Å². The van der Waals surface area contributed by atoms with Gasteiger partial charge in [0, 0.05) is 26.2 Å². The molecule has 0 radical (unpaired) electrons. The van der Waals surface area contributed by atoms with Gasteiger partial charge >= 0.3 is 0 Å². The summed E-state index contributed by atoms with van der Waals surface area (Å²) in [6, 6.07) is 3.87. The zero-order valence-corrected chi connectivity index (χ0v) is 11.1. The van der Waals surface area contributed by atoms with E-state index in [1.54, 1.807) is 11.3 Å². The lowest BCUT2D eigenvalue weighted by molar-refractivity contribution is -0.126. The lowest BCUT2D eigenvalue weighted by atomic mass is 10.0. The van der Waals surface area contributed by atoms with Gasteiger partial charge in [0.1, 0.15) is 0 Å². The molecule has 0 aromatic carbocycles. The zero-order valence-electron chi connectivity index (χ0n) is 10.3. The van der Waals surface area contributed by atoms with Crippen molar-refractivity contribution in [3.63, 3.8) is 0 Å². The number of carbonyl (C=O) groups excluding carboxylic acids is 1. The van der Waals surface area contributed by atoms with E-state index in [0.29, 0.717) is 0 Å². The molecule has 0 bridgehead atoms. The first-order valence-electron chi connectivity index (χ1n) is 5.91. The number of hydrogen-bond acceptors (Lipinski definition) is 4. The van der Waals surface area contributed by atoms with E-state index in [1.807, 2.05) is 31.4 Å². The lowest BCUT2D eigenvalue weighted by Gasteiger charge is -2.39. The van der Waals surface area contributed by atoms with Crippen LogP contribution in [-0.2, 0) is 4.79 Å². The number of piperazine rings is 1. The maximum absolute atomic E-state index is 12.3. The second-order valence-electron chi connectivity index (χ2n) is 4.73. The second kappa shape index (κ2) is 5.16. The van der Waals surface area contributed by atoms with Crippen molar-refractivity contribution in [1.29, 1.82) is 0 Å². The van der Waals surface area contributed by atoms with E-state index in [-0.39, 0.29) is 5.91 Å². The molecule has 1 amide bonds. The predicted octanol–water partition coefficient (Wildman–Crippen LogP) is 1.37. The molecule has 2 heterocycles. The third kappa shape index (κ3) is 2.86. The molecule has 2 rings (SSSR count). The first-order valence-corrected chi connectivity index (χ1v) is 6.79. The molecule has 94 valence electrons. The molecule has 1 aliphatic rings. The normalized spacial score (nSPS) is 18.0. The van der Waals surface area contributed by atoms with E-state index >= 15 is 0 Å². The molecule has 1 saturated heterocycles. The first kappa shape index (κ1) is 12.5. The Balaban J connectivity index is 2.00. The van der Waals surface area contributed by atoms with Crippen LogP contribution in [0.5, 0.6) is 0 Å². The van der Waals surface area contributed by atoms with Gasteiger partial charge in [0.15, 0.2) is 0 Å². The highest BCUT2D eigenvalue weighted by Gasteiger charge is 2.35. The number of nitrogens with one attached hydrogen (secondary N) is 2. The number of anilines is 1. The van der Waals surface area contributed by atoms with Crippen LogP contribution in [0, 0.1) is 0 Å². The molecule has 1 aromatic rings. The lowest BCUT2D eigenvalue weighted by Crippen LogP contribution is -2.58. The molecule has 4 nitrogen and oxygen atoms in total. The Morgan fingerprint density at radius 2 is 2.18 bits per heavy atom. The Labute approximate surface area is 106 Å². The molecule has 17 heavy (non-hydrogen) atoms. The van der Waals surface area contributed by atoms with E-state index in [1.165, 1.54) is 0 Å². The van der Waals surface area contributed by atoms with Crippen molar-refractivity contribution in [2.75, 3.05) is 31.5 Å². The summed E-state index contributed by atoms with van der Waals surface area (Å²) in [7, 11) is 0. The Morgan fingerprint density at radius 1 is 1.47 bits per heavy atom. The van der Waals surface area contributed by atoms with Gasteiger partial charge in [-0.2, -0.15) is 0 Å². The zero-order chi connectivity index (χ0) is 12.3. The molecule has 0 saturated carbocycles. The molecule has 0 aliphatic carbocycles. The third-order valence-electron chi connectivity index (χ3n) is 3.22. The number of thiophene rings is 1. The second-order valence-corrected chi connectivity index (χ2v) is 5.68. The smallest absolute Gasteiger partial charge is 0.244 e. The molecule has 0 spiro atoms. The molecule has 5 heteroatoms. The quantitative estimate of drug-likeness (QED) is 0.855. The van der Waals surface area contributed by atoms with E-state index in [9.17, 15) is 4.79 Å². The minimum Gasteiger partial charge on any atom is -0.316 e. The van der Waals surface area contributed by atoms with Crippen LogP contribution in [0.4, 0.5) is 5.00 Å². The molecule has 0 atom stereocenters. The van der Waals surface area contributed by atoms with Gasteiger partial charge in [-0.25, -0.2) is 0 Å². The van der Waals surface area contributed by atoms with Gasteiger partial charge in [0.25, 0.3) is 0 Å². The Bertz CT molecular complexity index is 369. The summed E-state index contributed by atoms with van der Waals surface area (Å²) in [5.74, 6) is 0.0712. The fourth-order valence-electron chi connectivity index (χ4n) is 1.98. The Kier molecular flexibility index (Phi) is 3.81. The summed E-state index contributed by atoms with van der Waals surface area (Å²) < 4.78 is 0. The Hall–Kier alpha value is -0.910. The van der Waals surface area contributed by atoms with Crippen molar-refractivity contribution in [3.8, 4) is 0 Å². The van der Waals surface area contributed by atoms with Crippen LogP contribution in [-0.4, -0.2) is 42.5 Å². The minimum absolute atomic E-state index is 0.0712. The van der Waals surface area contributed by atoms with Crippen LogP contribution in [0.2, 0.25) is 0 Å². The highest BCUT2D eigenvalue weighted by atomic mass is 32.1. The van der Waals surface area contributed by atoms with Crippen molar-refractivity contribution < 1.29 is 4.79 Å². The number of amides is 1. The van der Waals surface area contributed by atoms with Gasteiger partial charge in [-0.05, 0) is 31.4 Å². The van der Waals surface area contributed by atoms with Crippen molar-refractivity contribution >= 4 is 22.2 Å². The van der Waals surface area contributed by atoms with Crippen LogP contribution >= 0.6 is 11.3 Å². The van der Waals surface area contributed by atoms with Gasteiger partial charge in [-0.15, -0.1) is 11.3 Å². The van der Waals surface area contributed by atoms with Crippen LogP contribution in [0.1, 0.15) is 13.8 Å². The average molecular weight is 253 g/mol. The van der Waals surface area contributed by atoms with Gasteiger partial charge in [0.05, 0.1) is 10.5 Å². The topological polar surface area (TPSA) is 44.4 Å². The summed E-state index contributed by atoms with van der Waals surface area (Å²) in [5.41, 5.74) is -0.452. The molecule has 2 N–H and O–H groups in total. The van der Waals surface area contributed by atoms with Crippen LogP contribution in [0.3, 0.4) is 0 Å². The molecule has 0 unspecified atom stereocenters. The third-order valence-corrected chi connectivity index (χ3v) is 4.01. The van der Waals surface area contributed by atoms with Crippen molar-refractivity contribution in [3.05, 3.63) is 17.5 Å². The van der Waals surface area contributed by atoms with Crippen molar-refractivity contribution in [1.82, 2.24) is 10.2 Å². The highest BCUT2D eigenvalue weighted by Crippen LogP contribution is 2.21. The monoisotopic (exact) mass is 253 g/mol. The summed E-state index contributed by atoms with van der Waals surface area (Å²) in [4.78, 5) is 14.5. The molecule has 1 aliphatic heterocycles. The predicted molar refractivity (Wildman–Crippen MR) is 71.5 cm³/mol. The standard InChI is InChI=1S/C12H19N3OS/c1-12(2,15-7-5-13-6-8-15)11(16)14-10-4-3-9-17-10/h3-4,9,13H,5-8H2,1-2H3,(H,14,16).